The number of ether oxygens (including phenoxy) is 1. The van der Waals surface area contributed by atoms with Gasteiger partial charge < -0.3 is 15.0 Å². The molecule has 0 saturated heterocycles. The zero-order chi connectivity index (χ0) is 12.4. The minimum absolute atomic E-state index is 0.0985. The Labute approximate surface area is 100.0 Å². The van der Waals surface area contributed by atoms with Gasteiger partial charge in [-0.05, 0) is 26.1 Å². The molecule has 0 bridgehead atoms. The van der Waals surface area contributed by atoms with Crippen LogP contribution < -0.4 is 10.1 Å². The summed E-state index contributed by atoms with van der Waals surface area (Å²) in [6.45, 7) is 2.26. The largest absolute Gasteiger partial charge is 0.497 e. The van der Waals surface area contributed by atoms with E-state index >= 15 is 0 Å². The Balaban J connectivity index is 2.56. The van der Waals surface area contributed by atoms with Gasteiger partial charge in [0.2, 0.25) is 0 Å². The number of benzene rings is 1. The highest BCUT2D eigenvalue weighted by molar-refractivity contribution is 6.10. The number of likely N-dealkylation sites (N-methyl/N-ethyl adjacent to an activating group) is 1. The lowest BCUT2D eigenvalue weighted by Crippen LogP contribution is -2.18. The number of carbonyl (C=O) groups excluding carboxylic acids is 1. The molecule has 0 aliphatic rings. The standard InChI is InChI=1S/C13H16N2O2/c1-8-13(12(16)7-14-2)10-5-4-9(17-3)6-11(10)15-8/h4-6,14-15H,7H2,1-3H3. The molecule has 2 rings (SSSR count). The minimum atomic E-state index is 0.0985. The van der Waals surface area contributed by atoms with E-state index in [1.807, 2.05) is 25.1 Å². The Morgan fingerprint density at radius 1 is 1.47 bits per heavy atom. The van der Waals surface area contributed by atoms with Crippen molar-refractivity contribution < 1.29 is 9.53 Å². The summed E-state index contributed by atoms with van der Waals surface area (Å²) in [5, 5.41) is 3.83. The van der Waals surface area contributed by atoms with Crippen LogP contribution in [0, 0.1) is 6.92 Å². The molecule has 0 fully saturated rings. The van der Waals surface area contributed by atoms with E-state index in [0.29, 0.717) is 6.54 Å². The summed E-state index contributed by atoms with van der Waals surface area (Å²) in [5.41, 5.74) is 2.59. The first-order valence-corrected chi connectivity index (χ1v) is 5.51. The van der Waals surface area contributed by atoms with Crippen molar-refractivity contribution >= 4 is 16.7 Å². The number of methoxy groups -OCH3 is 1. The third kappa shape index (κ3) is 2.03. The van der Waals surface area contributed by atoms with Crippen molar-refractivity contribution in [2.24, 2.45) is 0 Å². The van der Waals surface area contributed by atoms with Crippen molar-refractivity contribution in [2.45, 2.75) is 6.92 Å². The second kappa shape index (κ2) is 4.59. The fourth-order valence-corrected chi connectivity index (χ4v) is 2.05. The predicted molar refractivity (Wildman–Crippen MR) is 67.8 cm³/mol. The van der Waals surface area contributed by atoms with Crippen molar-refractivity contribution in [2.75, 3.05) is 20.7 Å². The molecule has 2 N–H and O–H groups in total. The maximum atomic E-state index is 12.0. The Morgan fingerprint density at radius 3 is 2.88 bits per heavy atom. The van der Waals surface area contributed by atoms with E-state index in [2.05, 4.69) is 10.3 Å². The van der Waals surface area contributed by atoms with Crippen molar-refractivity contribution in [3.8, 4) is 5.75 Å². The van der Waals surface area contributed by atoms with Crippen molar-refractivity contribution in [1.29, 1.82) is 0 Å². The number of carbonyl (C=O) groups is 1. The van der Waals surface area contributed by atoms with Gasteiger partial charge in [0, 0.05) is 22.7 Å². The van der Waals surface area contributed by atoms with Crippen LogP contribution in [0.2, 0.25) is 0 Å². The van der Waals surface area contributed by atoms with Crippen LogP contribution >= 0.6 is 0 Å². The van der Waals surface area contributed by atoms with E-state index < -0.39 is 0 Å². The first kappa shape index (κ1) is 11.7. The second-order valence-electron chi connectivity index (χ2n) is 3.99. The summed E-state index contributed by atoms with van der Waals surface area (Å²) in [7, 11) is 3.40. The van der Waals surface area contributed by atoms with Crippen LogP contribution in [0.4, 0.5) is 0 Å². The number of hydrogen-bond donors (Lipinski definition) is 2. The van der Waals surface area contributed by atoms with E-state index in [1.165, 1.54) is 0 Å². The fraction of sp³-hybridized carbons (Fsp3) is 0.308. The highest BCUT2D eigenvalue weighted by Crippen LogP contribution is 2.26. The molecule has 0 aliphatic carbocycles. The number of hydrogen-bond acceptors (Lipinski definition) is 3. The number of H-pyrrole nitrogens is 1. The van der Waals surface area contributed by atoms with Gasteiger partial charge in [-0.1, -0.05) is 0 Å². The molecule has 90 valence electrons. The van der Waals surface area contributed by atoms with E-state index in [1.54, 1.807) is 14.2 Å². The third-order valence-corrected chi connectivity index (χ3v) is 2.81. The number of Topliss-reactive ketones (excluding diaryl/α,β-unsaturated/α-hetero) is 1. The van der Waals surface area contributed by atoms with E-state index in [-0.39, 0.29) is 5.78 Å². The normalized spacial score (nSPS) is 10.8. The zero-order valence-corrected chi connectivity index (χ0v) is 10.3. The Kier molecular flexibility index (Phi) is 3.15. The number of aromatic amines is 1. The zero-order valence-electron chi connectivity index (χ0n) is 10.3. The molecular weight excluding hydrogens is 216 g/mol. The Hall–Kier alpha value is -1.81. The molecule has 4 heteroatoms. The van der Waals surface area contributed by atoms with Crippen LogP contribution in [-0.4, -0.2) is 31.5 Å². The van der Waals surface area contributed by atoms with E-state index in [9.17, 15) is 4.79 Å². The summed E-state index contributed by atoms with van der Waals surface area (Å²) in [6.07, 6.45) is 0. The van der Waals surface area contributed by atoms with Gasteiger partial charge in [-0.25, -0.2) is 0 Å². The molecular formula is C13H16N2O2. The average Bonchev–Trinajstić information content (AvgIpc) is 2.64. The van der Waals surface area contributed by atoms with Crippen molar-refractivity contribution in [1.82, 2.24) is 10.3 Å². The Morgan fingerprint density at radius 2 is 2.24 bits per heavy atom. The lowest BCUT2D eigenvalue weighted by molar-refractivity contribution is 0.0994. The number of nitrogens with one attached hydrogen (secondary N) is 2. The summed E-state index contributed by atoms with van der Waals surface area (Å²) >= 11 is 0. The first-order chi connectivity index (χ1) is 8.17. The minimum Gasteiger partial charge on any atom is -0.497 e. The van der Waals surface area contributed by atoms with Gasteiger partial charge >= 0.3 is 0 Å². The maximum Gasteiger partial charge on any atom is 0.179 e. The molecule has 17 heavy (non-hydrogen) atoms. The van der Waals surface area contributed by atoms with Gasteiger partial charge in [0.1, 0.15) is 5.75 Å². The number of ketones is 1. The molecule has 0 radical (unpaired) electrons. The summed E-state index contributed by atoms with van der Waals surface area (Å²) in [4.78, 5) is 15.2. The fourth-order valence-electron chi connectivity index (χ4n) is 2.05. The van der Waals surface area contributed by atoms with Crippen molar-refractivity contribution in [3.63, 3.8) is 0 Å². The summed E-state index contributed by atoms with van der Waals surface area (Å²) in [5.74, 6) is 0.882. The molecule has 4 nitrogen and oxygen atoms in total. The molecule has 0 amide bonds. The topological polar surface area (TPSA) is 54.1 Å². The van der Waals surface area contributed by atoms with Crippen LogP contribution in [0.25, 0.3) is 10.9 Å². The lowest BCUT2D eigenvalue weighted by Gasteiger charge is -2.01. The molecule has 0 atom stereocenters. The molecule has 0 saturated carbocycles. The van der Waals surface area contributed by atoms with Gasteiger partial charge in [0.05, 0.1) is 19.2 Å². The third-order valence-electron chi connectivity index (χ3n) is 2.81. The van der Waals surface area contributed by atoms with Crippen molar-refractivity contribution in [3.05, 3.63) is 29.5 Å². The first-order valence-electron chi connectivity index (χ1n) is 5.51. The number of aromatic nitrogens is 1. The quantitative estimate of drug-likeness (QED) is 0.791. The highest BCUT2D eigenvalue weighted by atomic mass is 16.5. The van der Waals surface area contributed by atoms with Crippen LogP contribution in [0.5, 0.6) is 5.75 Å². The molecule has 1 aromatic carbocycles. The molecule has 1 aromatic heterocycles. The highest BCUT2D eigenvalue weighted by Gasteiger charge is 2.15. The SMILES string of the molecule is CNCC(=O)c1c(C)[nH]c2cc(OC)ccc12. The Bertz CT molecular complexity index is 558. The van der Waals surface area contributed by atoms with Crippen LogP contribution in [0.3, 0.4) is 0 Å². The molecule has 0 spiro atoms. The van der Waals surface area contributed by atoms with Crippen LogP contribution in [-0.2, 0) is 0 Å². The van der Waals surface area contributed by atoms with Gasteiger partial charge in [0.15, 0.2) is 5.78 Å². The molecule has 1 heterocycles. The van der Waals surface area contributed by atoms with Gasteiger partial charge in [-0.3, -0.25) is 4.79 Å². The van der Waals surface area contributed by atoms with E-state index in [4.69, 9.17) is 4.74 Å². The van der Waals surface area contributed by atoms with Crippen LogP contribution in [0.15, 0.2) is 18.2 Å². The number of aryl methyl sites for hydroxylation is 1. The maximum absolute atomic E-state index is 12.0. The van der Waals surface area contributed by atoms with Gasteiger partial charge in [-0.15, -0.1) is 0 Å². The molecule has 2 aromatic rings. The van der Waals surface area contributed by atoms with E-state index in [0.717, 1.165) is 27.9 Å². The average molecular weight is 232 g/mol. The number of rotatable bonds is 4. The van der Waals surface area contributed by atoms with Crippen LogP contribution in [0.1, 0.15) is 16.1 Å². The van der Waals surface area contributed by atoms with Gasteiger partial charge in [-0.2, -0.15) is 0 Å². The number of fused-ring (bicyclic) bond motifs is 1. The summed E-state index contributed by atoms with van der Waals surface area (Å²) < 4.78 is 5.16. The second-order valence-corrected chi connectivity index (χ2v) is 3.99. The smallest absolute Gasteiger partial charge is 0.179 e. The molecule has 0 unspecified atom stereocenters. The van der Waals surface area contributed by atoms with Gasteiger partial charge in [0.25, 0.3) is 0 Å². The monoisotopic (exact) mass is 232 g/mol. The summed E-state index contributed by atoms with van der Waals surface area (Å²) in [6, 6.07) is 5.69. The molecule has 0 aliphatic heterocycles. The lowest BCUT2D eigenvalue weighted by atomic mass is 10.1. The predicted octanol–water partition coefficient (Wildman–Crippen LogP) is 1.89.